The Labute approximate surface area is 93.4 Å². The van der Waals surface area contributed by atoms with E-state index >= 15 is 0 Å². The quantitative estimate of drug-likeness (QED) is 0.677. The van der Waals surface area contributed by atoms with Crippen molar-refractivity contribution in [3.05, 3.63) is 24.7 Å². The minimum atomic E-state index is 0.552. The summed E-state index contributed by atoms with van der Waals surface area (Å²) < 4.78 is 7.03. The fourth-order valence-corrected chi connectivity index (χ4v) is 1.42. The number of fused-ring (bicyclic) bond motifs is 1. The number of nitrogens with two attached hydrogens (primary N) is 1. The standard InChI is InChI=1S/C10H15N5O/c11-2-7-16-8-5-13-10-9-1-3-14-15(9)6-4-12-10/h1,3-4,6H,2,5,7-8,11H2,(H,12,13). The molecule has 2 aromatic heterocycles. The number of anilines is 1. The van der Waals surface area contributed by atoms with Crippen molar-refractivity contribution < 1.29 is 4.74 Å². The van der Waals surface area contributed by atoms with E-state index in [1.54, 1.807) is 16.9 Å². The molecule has 2 heterocycles. The average Bonchev–Trinajstić information content (AvgIpc) is 2.77. The highest BCUT2D eigenvalue weighted by Crippen LogP contribution is 2.11. The third-order valence-corrected chi connectivity index (χ3v) is 2.13. The molecular weight excluding hydrogens is 206 g/mol. The van der Waals surface area contributed by atoms with Crippen LogP contribution < -0.4 is 11.1 Å². The van der Waals surface area contributed by atoms with E-state index in [0.717, 1.165) is 11.3 Å². The van der Waals surface area contributed by atoms with Gasteiger partial charge in [0, 0.05) is 25.5 Å². The van der Waals surface area contributed by atoms with E-state index in [1.807, 2.05) is 12.3 Å². The van der Waals surface area contributed by atoms with Crippen molar-refractivity contribution in [1.82, 2.24) is 14.6 Å². The first kappa shape index (κ1) is 10.8. The molecule has 0 aromatic carbocycles. The number of hydrogen-bond donors (Lipinski definition) is 2. The Morgan fingerprint density at radius 2 is 2.31 bits per heavy atom. The lowest BCUT2D eigenvalue weighted by molar-refractivity contribution is 0.151. The van der Waals surface area contributed by atoms with E-state index in [1.165, 1.54) is 0 Å². The number of nitrogens with one attached hydrogen (secondary N) is 1. The molecule has 0 radical (unpaired) electrons. The lowest BCUT2D eigenvalue weighted by atomic mass is 10.4. The molecule has 0 unspecified atom stereocenters. The Morgan fingerprint density at radius 1 is 1.38 bits per heavy atom. The molecule has 6 heteroatoms. The molecule has 6 nitrogen and oxygen atoms in total. The summed E-state index contributed by atoms with van der Waals surface area (Å²) in [7, 11) is 0. The van der Waals surface area contributed by atoms with Gasteiger partial charge < -0.3 is 15.8 Å². The number of nitrogens with zero attached hydrogens (tertiary/aromatic N) is 3. The zero-order valence-electron chi connectivity index (χ0n) is 8.97. The van der Waals surface area contributed by atoms with Gasteiger partial charge >= 0.3 is 0 Å². The molecule has 0 saturated heterocycles. The van der Waals surface area contributed by atoms with Gasteiger partial charge in [-0.15, -0.1) is 0 Å². The van der Waals surface area contributed by atoms with Gasteiger partial charge in [0.2, 0.25) is 0 Å². The highest BCUT2D eigenvalue weighted by Gasteiger charge is 2.01. The van der Waals surface area contributed by atoms with Crippen LogP contribution in [0.25, 0.3) is 5.52 Å². The van der Waals surface area contributed by atoms with Gasteiger partial charge in [-0.05, 0) is 6.07 Å². The van der Waals surface area contributed by atoms with E-state index in [2.05, 4.69) is 15.4 Å². The van der Waals surface area contributed by atoms with Crippen LogP contribution >= 0.6 is 0 Å². The molecule has 2 aromatic rings. The molecule has 0 atom stereocenters. The maximum Gasteiger partial charge on any atom is 0.152 e. The van der Waals surface area contributed by atoms with Gasteiger partial charge in [-0.25, -0.2) is 9.50 Å². The Morgan fingerprint density at radius 3 is 3.19 bits per heavy atom. The number of rotatable bonds is 6. The number of hydrogen-bond acceptors (Lipinski definition) is 5. The molecule has 0 amide bonds. The maximum atomic E-state index is 5.31. The maximum absolute atomic E-state index is 5.31. The summed E-state index contributed by atoms with van der Waals surface area (Å²) in [6.07, 6.45) is 5.27. The zero-order chi connectivity index (χ0) is 11.2. The molecule has 0 fully saturated rings. The largest absolute Gasteiger partial charge is 0.378 e. The third-order valence-electron chi connectivity index (χ3n) is 2.13. The molecule has 0 aliphatic heterocycles. The molecule has 3 N–H and O–H groups in total. The van der Waals surface area contributed by atoms with Gasteiger partial charge in [-0.1, -0.05) is 0 Å². The summed E-state index contributed by atoms with van der Waals surface area (Å²) in [5.41, 5.74) is 6.27. The van der Waals surface area contributed by atoms with E-state index in [-0.39, 0.29) is 0 Å². The SMILES string of the molecule is NCCOCCNc1nccn2nccc12. The minimum Gasteiger partial charge on any atom is -0.378 e. The van der Waals surface area contributed by atoms with Crippen LogP contribution in [0.1, 0.15) is 0 Å². The van der Waals surface area contributed by atoms with Gasteiger partial charge in [0.15, 0.2) is 5.82 Å². The molecule has 0 aliphatic carbocycles. The first-order valence-corrected chi connectivity index (χ1v) is 5.22. The second-order valence-electron chi connectivity index (χ2n) is 3.26. The van der Waals surface area contributed by atoms with Gasteiger partial charge in [-0.2, -0.15) is 5.10 Å². The van der Waals surface area contributed by atoms with E-state index in [9.17, 15) is 0 Å². The van der Waals surface area contributed by atoms with Crippen LogP contribution in [0.5, 0.6) is 0 Å². The Balaban J connectivity index is 1.91. The summed E-state index contributed by atoms with van der Waals surface area (Å²) in [6.45, 7) is 2.47. The van der Waals surface area contributed by atoms with Crippen molar-refractivity contribution in [2.24, 2.45) is 5.73 Å². The first-order chi connectivity index (χ1) is 7.92. The monoisotopic (exact) mass is 221 g/mol. The minimum absolute atomic E-state index is 0.552. The van der Waals surface area contributed by atoms with E-state index in [0.29, 0.717) is 26.3 Å². The van der Waals surface area contributed by atoms with Crippen LogP contribution in [0.4, 0.5) is 5.82 Å². The lowest BCUT2D eigenvalue weighted by Crippen LogP contribution is -2.15. The summed E-state index contributed by atoms with van der Waals surface area (Å²) in [5.74, 6) is 0.816. The normalized spacial score (nSPS) is 10.8. The second kappa shape index (κ2) is 5.43. The van der Waals surface area contributed by atoms with Crippen molar-refractivity contribution in [2.45, 2.75) is 0 Å². The number of ether oxygens (including phenoxy) is 1. The predicted molar refractivity (Wildman–Crippen MR) is 61.4 cm³/mol. The van der Waals surface area contributed by atoms with Crippen molar-refractivity contribution in [2.75, 3.05) is 31.6 Å². The fourth-order valence-electron chi connectivity index (χ4n) is 1.42. The predicted octanol–water partition coefficient (Wildman–Crippen LogP) is 0.117. The molecule has 16 heavy (non-hydrogen) atoms. The van der Waals surface area contributed by atoms with Gasteiger partial charge in [0.1, 0.15) is 5.52 Å². The summed E-state index contributed by atoms with van der Waals surface area (Å²) in [4.78, 5) is 4.24. The molecule has 86 valence electrons. The molecule has 0 saturated carbocycles. The Bertz CT molecular complexity index is 441. The molecule has 0 spiro atoms. The van der Waals surface area contributed by atoms with E-state index < -0.39 is 0 Å². The second-order valence-corrected chi connectivity index (χ2v) is 3.26. The lowest BCUT2D eigenvalue weighted by Gasteiger charge is -2.06. The highest BCUT2D eigenvalue weighted by molar-refractivity contribution is 5.66. The van der Waals surface area contributed by atoms with Crippen LogP contribution in [0, 0.1) is 0 Å². The van der Waals surface area contributed by atoms with Crippen molar-refractivity contribution in [3.63, 3.8) is 0 Å². The Hall–Kier alpha value is -1.66. The Kier molecular flexibility index (Phi) is 3.68. The van der Waals surface area contributed by atoms with Crippen molar-refractivity contribution in [3.8, 4) is 0 Å². The topological polar surface area (TPSA) is 77.5 Å². The molecule has 2 rings (SSSR count). The van der Waals surface area contributed by atoms with Crippen LogP contribution in [0.2, 0.25) is 0 Å². The molecule has 0 aliphatic rings. The van der Waals surface area contributed by atoms with Crippen LogP contribution in [0.15, 0.2) is 24.7 Å². The smallest absolute Gasteiger partial charge is 0.152 e. The van der Waals surface area contributed by atoms with Gasteiger partial charge in [-0.3, -0.25) is 0 Å². The van der Waals surface area contributed by atoms with Crippen LogP contribution in [0.3, 0.4) is 0 Å². The number of aromatic nitrogens is 3. The van der Waals surface area contributed by atoms with Crippen molar-refractivity contribution >= 4 is 11.3 Å². The van der Waals surface area contributed by atoms with Crippen LogP contribution in [-0.2, 0) is 4.74 Å². The molecule has 0 bridgehead atoms. The van der Waals surface area contributed by atoms with E-state index in [4.69, 9.17) is 10.5 Å². The average molecular weight is 221 g/mol. The van der Waals surface area contributed by atoms with Crippen molar-refractivity contribution in [1.29, 1.82) is 0 Å². The highest BCUT2D eigenvalue weighted by atomic mass is 16.5. The summed E-state index contributed by atoms with van der Waals surface area (Å²) >= 11 is 0. The van der Waals surface area contributed by atoms with Gasteiger partial charge in [0.25, 0.3) is 0 Å². The van der Waals surface area contributed by atoms with Gasteiger partial charge in [0.05, 0.1) is 19.4 Å². The fraction of sp³-hybridized carbons (Fsp3) is 0.400. The summed E-state index contributed by atoms with van der Waals surface area (Å²) in [6, 6.07) is 1.91. The molecular formula is C10H15N5O. The summed E-state index contributed by atoms with van der Waals surface area (Å²) in [5, 5.41) is 7.32. The first-order valence-electron chi connectivity index (χ1n) is 5.22. The zero-order valence-corrected chi connectivity index (χ0v) is 8.97. The van der Waals surface area contributed by atoms with Crippen LogP contribution in [-0.4, -0.2) is 40.9 Å². The third kappa shape index (κ3) is 2.47.